The summed E-state index contributed by atoms with van der Waals surface area (Å²) in [5.41, 5.74) is 0. The number of piperidine rings is 2. The van der Waals surface area contributed by atoms with Crippen molar-refractivity contribution < 1.29 is 9.53 Å². The minimum atomic E-state index is -1.71. The predicted molar refractivity (Wildman–Crippen MR) is 104 cm³/mol. The number of ether oxygens (including phenoxy) is 1. The summed E-state index contributed by atoms with van der Waals surface area (Å²) < 4.78 is 4.20. The summed E-state index contributed by atoms with van der Waals surface area (Å²) in [4.78, 5) is 15.4. The van der Waals surface area contributed by atoms with Crippen molar-refractivity contribution in [1.82, 2.24) is 10.2 Å². The highest BCUT2D eigenvalue weighted by atomic mass is 35.6. The number of carbonyl (C=O) groups is 1. The van der Waals surface area contributed by atoms with E-state index in [1.165, 1.54) is 50.1 Å². The van der Waals surface area contributed by atoms with Crippen LogP contribution < -0.4 is 5.32 Å². The van der Waals surface area contributed by atoms with Gasteiger partial charge in [-0.05, 0) is 56.1 Å². The molecular formula is C17H23Cl3N2O2S. The minimum absolute atomic E-state index is 0.283. The molecule has 1 aromatic rings. The standard InChI is InChI=1S/C17H23Cl3N2O2S/c18-17(19,20)16(21-15(23)14-7-4-10-25-14)24-11-12-5-3-9-22-8-2-1-6-13(12)22/h4,7,10,12-13,16H,1-3,5-6,8-9,11H2,(H,21,23)/t12-,13+,16+/m0/s1. The number of nitrogens with zero attached hydrogens (tertiary/aromatic N) is 1. The maximum absolute atomic E-state index is 12.3. The van der Waals surface area contributed by atoms with Crippen LogP contribution in [0.2, 0.25) is 0 Å². The van der Waals surface area contributed by atoms with Crippen LogP contribution in [-0.4, -0.2) is 46.6 Å². The van der Waals surface area contributed by atoms with E-state index in [4.69, 9.17) is 39.5 Å². The average Bonchev–Trinajstić information content (AvgIpc) is 3.12. The van der Waals surface area contributed by atoms with E-state index in [2.05, 4.69) is 10.2 Å². The van der Waals surface area contributed by atoms with Crippen LogP contribution in [0.15, 0.2) is 17.5 Å². The molecule has 2 fully saturated rings. The summed E-state index contributed by atoms with van der Waals surface area (Å²) in [6.45, 7) is 2.83. The highest BCUT2D eigenvalue weighted by Gasteiger charge is 2.38. The molecule has 0 radical (unpaired) electrons. The van der Waals surface area contributed by atoms with Crippen LogP contribution in [-0.2, 0) is 4.74 Å². The molecule has 3 heterocycles. The lowest BCUT2D eigenvalue weighted by Gasteiger charge is -2.44. The van der Waals surface area contributed by atoms with Crippen LogP contribution in [0.3, 0.4) is 0 Å². The minimum Gasteiger partial charge on any atom is -0.354 e. The normalized spacial score (nSPS) is 26.0. The number of carbonyl (C=O) groups excluding carboxylic acids is 1. The summed E-state index contributed by atoms with van der Waals surface area (Å²) >= 11 is 19.5. The predicted octanol–water partition coefficient (Wildman–Crippen LogP) is 4.46. The van der Waals surface area contributed by atoms with E-state index >= 15 is 0 Å². The van der Waals surface area contributed by atoms with Gasteiger partial charge in [-0.1, -0.05) is 47.3 Å². The van der Waals surface area contributed by atoms with Crippen molar-refractivity contribution in [3.8, 4) is 0 Å². The number of rotatable bonds is 5. The zero-order chi connectivity index (χ0) is 17.9. The van der Waals surface area contributed by atoms with E-state index in [1.807, 2.05) is 11.4 Å². The van der Waals surface area contributed by atoms with Crippen molar-refractivity contribution in [2.24, 2.45) is 5.92 Å². The summed E-state index contributed by atoms with van der Waals surface area (Å²) in [6, 6.07) is 4.09. The first-order valence-electron chi connectivity index (χ1n) is 8.72. The third kappa shape index (κ3) is 5.24. The van der Waals surface area contributed by atoms with Gasteiger partial charge in [-0.15, -0.1) is 11.3 Å². The molecule has 1 aromatic heterocycles. The fraction of sp³-hybridized carbons (Fsp3) is 0.706. The molecule has 0 aromatic carbocycles. The van der Waals surface area contributed by atoms with Crippen molar-refractivity contribution in [3.05, 3.63) is 22.4 Å². The maximum atomic E-state index is 12.3. The Morgan fingerprint density at radius 2 is 2.12 bits per heavy atom. The fourth-order valence-corrected chi connectivity index (χ4v) is 4.79. The summed E-state index contributed by atoms with van der Waals surface area (Å²) in [6.07, 6.45) is 5.06. The molecule has 0 unspecified atom stereocenters. The zero-order valence-corrected chi connectivity index (χ0v) is 17.0. The molecular weight excluding hydrogens is 403 g/mol. The SMILES string of the molecule is O=C(N[C@H](OC[C@@H]1CCCN2CCCC[C@H]12)C(Cl)(Cl)Cl)c1cccs1. The van der Waals surface area contributed by atoms with Gasteiger partial charge in [0.15, 0.2) is 6.23 Å². The molecule has 25 heavy (non-hydrogen) atoms. The Bertz CT molecular complexity index is 563. The molecule has 0 aliphatic carbocycles. The van der Waals surface area contributed by atoms with E-state index in [-0.39, 0.29) is 5.91 Å². The lowest BCUT2D eigenvalue weighted by atomic mass is 9.84. The van der Waals surface area contributed by atoms with Crippen molar-refractivity contribution in [1.29, 1.82) is 0 Å². The summed E-state index contributed by atoms with van der Waals surface area (Å²) in [5.74, 6) is 0.136. The molecule has 3 rings (SSSR count). The van der Waals surface area contributed by atoms with Crippen LogP contribution in [0.25, 0.3) is 0 Å². The second-order valence-electron chi connectivity index (χ2n) is 6.71. The number of hydrogen-bond donors (Lipinski definition) is 1. The van der Waals surface area contributed by atoms with Crippen LogP contribution >= 0.6 is 46.1 Å². The van der Waals surface area contributed by atoms with Crippen molar-refractivity contribution in [2.45, 2.75) is 48.2 Å². The summed E-state index contributed by atoms with van der Waals surface area (Å²) in [5, 5.41) is 4.54. The van der Waals surface area contributed by atoms with E-state index in [9.17, 15) is 4.79 Å². The smallest absolute Gasteiger partial charge is 0.263 e. The Morgan fingerprint density at radius 3 is 2.84 bits per heavy atom. The molecule has 0 saturated carbocycles. The molecule has 1 amide bonds. The van der Waals surface area contributed by atoms with Gasteiger partial charge in [-0.2, -0.15) is 0 Å². The third-order valence-corrected chi connectivity index (χ3v) is 6.47. The summed E-state index contributed by atoms with van der Waals surface area (Å²) in [7, 11) is 0. The Labute approximate surface area is 167 Å². The van der Waals surface area contributed by atoms with E-state index < -0.39 is 10.0 Å². The Hall–Kier alpha value is -0.0400. The number of fused-ring (bicyclic) bond motifs is 1. The molecule has 8 heteroatoms. The van der Waals surface area contributed by atoms with Gasteiger partial charge in [0, 0.05) is 6.04 Å². The van der Waals surface area contributed by atoms with Crippen molar-refractivity contribution >= 4 is 52.0 Å². The van der Waals surface area contributed by atoms with Gasteiger partial charge in [0.05, 0.1) is 11.5 Å². The number of nitrogens with one attached hydrogen (secondary N) is 1. The van der Waals surface area contributed by atoms with Crippen molar-refractivity contribution in [3.63, 3.8) is 0 Å². The van der Waals surface area contributed by atoms with Crippen LogP contribution in [0.4, 0.5) is 0 Å². The van der Waals surface area contributed by atoms with Gasteiger partial charge < -0.3 is 15.0 Å². The van der Waals surface area contributed by atoms with Gasteiger partial charge in [0.2, 0.25) is 3.79 Å². The second-order valence-corrected chi connectivity index (χ2v) is 10.0. The molecule has 0 bridgehead atoms. The first kappa shape index (κ1) is 19.7. The van der Waals surface area contributed by atoms with Gasteiger partial charge in [0.1, 0.15) is 0 Å². The lowest BCUT2D eigenvalue weighted by molar-refractivity contribution is -0.0324. The number of halogens is 3. The molecule has 3 atom stereocenters. The van der Waals surface area contributed by atoms with Crippen molar-refractivity contribution in [2.75, 3.05) is 19.7 Å². The molecule has 1 N–H and O–H groups in total. The van der Waals surface area contributed by atoms with Gasteiger partial charge in [-0.25, -0.2) is 0 Å². The molecule has 0 spiro atoms. The van der Waals surface area contributed by atoms with Gasteiger partial charge in [-0.3, -0.25) is 4.79 Å². The third-order valence-electron chi connectivity index (χ3n) is 5.01. The van der Waals surface area contributed by atoms with E-state index in [1.54, 1.807) is 6.07 Å². The number of thiophene rings is 1. The Kier molecular flexibility index (Phi) is 6.91. The van der Waals surface area contributed by atoms with Gasteiger partial charge >= 0.3 is 0 Å². The van der Waals surface area contributed by atoms with E-state index in [0.717, 1.165) is 6.42 Å². The van der Waals surface area contributed by atoms with Gasteiger partial charge in [0.25, 0.3) is 5.91 Å². The molecule has 4 nitrogen and oxygen atoms in total. The first-order chi connectivity index (χ1) is 11.9. The number of amides is 1. The largest absolute Gasteiger partial charge is 0.354 e. The topological polar surface area (TPSA) is 41.6 Å². The first-order valence-corrected chi connectivity index (χ1v) is 10.7. The highest BCUT2D eigenvalue weighted by Crippen LogP contribution is 2.34. The molecule has 2 aliphatic heterocycles. The zero-order valence-electron chi connectivity index (χ0n) is 13.9. The second kappa shape index (κ2) is 8.77. The Balaban J connectivity index is 1.59. The fourth-order valence-electron chi connectivity index (χ4n) is 3.81. The molecule has 140 valence electrons. The van der Waals surface area contributed by atoms with Crippen LogP contribution in [0, 0.1) is 5.92 Å². The highest BCUT2D eigenvalue weighted by molar-refractivity contribution is 7.12. The monoisotopic (exact) mass is 424 g/mol. The average molecular weight is 426 g/mol. The number of alkyl halides is 3. The van der Waals surface area contributed by atoms with Crippen LogP contribution in [0.5, 0.6) is 0 Å². The lowest BCUT2D eigenvalue weighted by Crippen LogP contribution is -2.51. The Morgan fingerprint density at radius 1 is 1.32 bits per heavy atom. The molecule has 2 aliphatic rings. The number of hydrogen-bond acceptors (Lipinski definition) is 4. The van der Waals surface area contributed by atoms with Crippen LogP contribution in [0.1, 0.15) is 41.8 Å². The van der Waals surface area contributed by atoms with E-state index in [0.29, 0.717) is 23.4 Å². The molecule has 2 saturated heterocycles. The quantitative estimate of drug-likeness (QED) is 0.559. The maximum Gasteiger partial charge on any atom is 0.263 e.